The fourth-order valence-electron chi connectivity index (χ4n) is 2.11. The molecule has 0 aliphatic carbocycles. The van der Waals surface area contributed by atoms with Crippen molar-refractivity contribution >= 4 is 36.1 Å². The van der Waals surface area contributed by atoms with Gasteiger partial charge in [0.25, 0.3) is 0 Å². The van der Waals surface area contributed by atoms with E-state index in [-0.39, 0.29) is 24.6 Å². The van der Waals surface area contributed by atoms with Crippen molar-refractivity contribution in [3.05, 3.63) is 0 Å². The van der Waals surface area contributed by atoms with E-state index in [2.05, 4.69) is 0 Å². The van der Waals surface area contributed by atoms with Crippen LogP contribution in [0.1, 0.15) is 33.6 Å². The number of aliphatic hydroxyl groups excluding tert-OH is 7. The van der Waals surface area contributed by atoms with Crippen LogP contribution in [0.4, 0.5) is 0 Å². The van der Waals surface area contributed by atoms with E-state index < -0.39 is 79.6 Å². The third-order valence-corrected chi connectivity index (χ3v) is 4.33. The number of carboxylic acid groups (broad SMARTS) is 4. The second kappa shape index (κ2) is 24.2. The highest BCUT2D eigenvalue weighted by Gasteiger charge is 2.29. The summed E-state index contributed by atoms with van der Waals surface area (Å²) in [5.41, 5.74) is 0. The summed E-state index contributed by atoms with van der Waals surface area (Å²) in [5.74, 6) is -5.86. The van der Waals surface area contributed by atoms with Crippen LogP contribution in [0.25, 0.3) is 0 Å². The van der Waals surface area contributed by atoms with Gasteiger partial charge in [-0.2, -0.15) is 0 Å². The monoisotopic (exact) mass is 635 g/mol. The van der Waals surface area contributed by atoms with Crippen LogP contribution in [-0.4, -0.2) is 169 Å². The van der Waals surface area contributed by atoms with Crippen LogP contribution in [0.3, 0.4) is 0 Å². The molecule has 7 atom stereocenters. The lowest BCUT2D eigenvalue weighted by Crippen LogP contribution is -2.46. The molecule has 0 radical (unpaired) electrons. The molecule has 0 bridgehead atoms. The Kier molecular flexibility index (Phi) is 26.2. The highest BCUT2D eigenvalue weighted by Crippen LogP contribution is 2.08. The first-order chi connectivity index (χ1) is 19.3. The molecule has 0 aromatic rings. The van der Waals surface area contributed by atoms with Crippen molar-refractivity contribution < 1.29 is 94.2 Å². The second-order valence-electron chi connectivity index (χ2n) is 10.1. The molecule has 3 unspecified atom stereocenters. The highest BCUT2D eigenvalue weighted by atomic mass is 16.5. The van der Waals surface area contributed by atoms with Crippen LogP contribution in [0.15, 0.2) is 0 Å². The number of nitrogens with zero attached hydrogens (tertiary/aromatic N) is 1. The van der Waals surface area contributed by atoms with Crippen LogP contribution < -0.4 is 5.11 Å². The van der Waals surface area contributed by atoms with E-state index in [9.17, 15) is 33.9 Å². The van der Waals surface area contributed by atoms with E-state index in [0.29, 0.717) is 11.0 Å². The Balaban J connectivity index is -0.000000250. The van der Waals surface area contributed by atoms with Gasteiger partial charge in [0.05, 0.1) is 40.1 Å². The van der Waals surface area contributed by atoms with Crippen molar-refractivity contribution in [3.8, 4) is 0 Å². The molecule has 19 heteroatoms. The minimum atomic E-state index is -1.79. The molecule has 0 rings (SSSR count). The highest BCUT2D eigenvalue weighted by molar-refractivity contribution is 5.79. The molecule has 10 N–H and O–H groups in total. The minimum absolute atomic E-state index is 0.0258. The molecule has 19 nitrogen and oxygen atoms in total. The van der Waals surface area contributed by atoms with Crippen LogP contribution in [0.2, 0.25) is 0 Å². The van der Waals surface area contributed by atoms with Gasteiger partial charge >= 0.3 is 23.9 Å². The fourth-order valence-corrected chi connectivity index (χ4v) is 2.11. The van der Waals surface area contributed by atoms with E-state index >= 15 is 0 Å². The number of quaternary nitrogens is 1. The summed E-state index contributed by atoms with van der Waals surface area (Å²) in [6, 6.07) is 0. The van der Waals surface area contributed by atoms with Crippen LogP contribution in [0, 0.1) is 5.92 Å². The van der Waals surface area contributed by atoms with Crippen molar-refractivity contribution in [1.29, 1.82) is 0 Å². The third-order valence-electron chi connectivity index (χ3n) is 4.33. The Bertz CT molecular complexity index is 841. The van der Waals surface area contributed by atoms with E-state index in [4.69, 9.17) is 55.8 Å². The van der Waals surface area contributed by atoms with Gasteiger partial charge in [-0.3, -0.25) is 9.59 Å². The Morgan fingerprint density at radius 2 is 1.26 bits per heavy atom. The first-order valence-electron chi connectivity index (χ1n) is 12.4. The predicted molar refractivity (Wildman–Crippen MR) is 140 cm³/mol. The molecule has 43 heavy (non-hydrogen) atoms. The first-order valence-corrected chi connectivity index (χ1v) is 12.4. The number of esters is 1. The Hall–Kier alpha value is -3.30. The van der Waals surface area contributed by atoms with Crippen molar-refractivity contribution in [2.24, 2.45) is 5.92 Å². The molecule has 0 aliphatic heterocycles. The number of carbonyl (C=O) groups excluding carboxylic acids is 3. The zero-order valence-corrected chi connectivity index (χ0v) is 24.7. The van der Waals surface area contributed by atoms with Crippen molar-refractivity contribution in [1.82, 2.24) is 0 Å². The van der Waals surface area contributed by atoms with Gasteiger partial charge in [0.15, 0.2) is 18.5 Å². The summed E-state index contributed by atoms with van der Waals surface area (Å²) in [6.07, 6.45) is -11.5. The summed E-state index contributed by atoms with van der Waals surface area (Å²) >= 11 is 0. The average Bonchev–Trinajstić information content (AvgIpc) is 2.85. The molecule has 0 amide bonds. The number of aliphatic hydroxyl groups is 7. The number of aldehydes is 1. The molecule has 0 aliphatic rings. The number of aliphatic carboxylic acids is 4. The summed E-state index contributed by atoms with van der Waals surface area (Å²) in [4.78, 5) is 60.7. The van der Waals surface area contributed by atoms with Gasteiger partial charge in [-0.15, -0.1) is 0 Å². The molecule has 0 saturated carbocycles. The lowest BCUT2D eigenvalue weighted by molar-refractivity contribution is -0.873. The van der Waals surface area contributed by atoms with Crippen LogP contribution in [0.5, 0.6) is 0 Å². The second-order valence-corrected chi connectivity index (χ2v) is 10.1. The molecular weight excluding hydrogens is 590 g/mol. The van der Waals surface area contributed by atoms with Crippen LogP contribution in [-0.2, 0) is 33.5 Å². The van der Waals surface area contributed by atoms with E-state index in [0.717, 1.165) is 0 Å². The number of rotatable bonds is 15. The topological polar surface area (TPSA) is 337 Å². The summed E-state index contributed by atoms with van der Waals surface area (Å²) in [6.45, 7) is 4.31. The van der Waals surface area contributed by atoms with Crippen molar-refractivity contribution in [3.63, 3.8) is 0 Å². The SMILES string of the molecule is CC(C)C(=O)OC(CC(=O)[O-])C[N+](C)(C)C.CC(O)C(=O)O.O=C(O)CC(O)C(=O)O.O=C[C@@H](O)[C@@H](O)[C@H](O)[C@H](O)CO. The fraction of sp³-hybridized carbons (Fsp3) is 0.750. The quantitative estimate of drug-likeness (QED) is 0.0455. The summed E-state index contributed by atoms with van der Waals surface area (Å²) in [5, 5.41) is 94.0. The smallest absolute Gasteiger partial charge is 0.333 e. The first kappa shape index (κ1) is 46.7. The number of likely N-dealkylation sites (N-methyl/N-ethyl adjacent to an activating group) is 1. The molecule has 0 aromatic heterocycles. The molecule has 0 saturated heterocycles. The molecular formula is C24H45NO18. The molecule has 0 fully saturated rings. The van der Waals surface area contributed by atoms with Gasteiger partial charge in [0.2, 0.25) is 0 Å². The zero-order valence-electron chi connectivity index (χ0n) is 24.7. The summed E-state index contributed by atoms with van der Waals surface area (Å²) < 4.78 is 5.65. The van der Waals surface area contributed by atoms with E-state index in [1.54, 1.807) is 13.8 Å². The van der Waals surface area contributed by atoms with Crippen molar-refractivity contribution in [2.45, 2.75) is 76.3 Å². The molecule has 0 aromatic carbocycles. The number of hydrogen-bond acceptors (Lipinski definition) is 15. The molecule has 0 spiro atoms. The number of carbonyl (C=O) groups is 6. The Morgan fingerprint density at radius 3 is 1.49 bits per heavy atom. The summed E-state index contributed by atoms with van der Waals surface area (Å²) in [7, 11) is 5.72. The Labute approximate surface area is 247 Å². The van der Waals surface area contributed by atoms with Gasteiger partial charge in [-0.1, -0.05) is 13.8 Å². The van der Waals surface area contributed by atoms with Gasteiger partial charge in [-0.05, 0) is 6.92 Å². The van der Waals surface area contributed by atoms with E-state index in [1.807, 2.05) is 21.1 Å². The maximum Gasteiger partial charge on any atom is 0.333 e. The maximum atomic E-state index is 11.4. The standard InChI is InChI=1S/C11H21NO4.C6H12O6.C4H6O5.C3H6O3/c1-8(2)11(15)16-9(6-10(13)14)7-12(3,4)5;7-1-3(9)5(11)6(12)4(10)2-8;5-2(4(8)9)1-3(6)7;1-2(4)3(5)6/h8-9H,6-7H2,1-5H3;1,3-6,8-12H,2H2;2,5H,1H2,(H,6,7)(H,8,9);2,4H,1H3,(H,5,6)/t;3-,4-,5-,6-;;/m.1../s1. The largest absolute Gasteiger partial charge is 0.550 e. The minimum Gasteiger partial charge on any atom is -0.550 e. The average molecular weight is 636 g/mol. The van der Waals surface area contributed by atoms with Gasteiger partial charge in [-0.25, -0.2) is 9.59 Å². The lowest BCUT2D eigenvalue weighted by atomic mass is 10.0. The molecule has 254 valence electrons. The normalized spacial score (nSPS) is 15.5. The zero-order chi connectivity index (χ0) is 35.2. The van der Waals surface area contributed by atoms with Gasteiger partial charge < -0.3 is 75.0 Å². The van der Waals surface area contributed by atoms with Crippen molar-refractivity contribution in [2.75, 3.05) is 34.3 Å². The number of hydrogen-bond donors (Lipinski definition) is 10. The van der Waals surface area contributed by atoms with Crippen LogP contribution >= 0.6 is 0 Å². The lowest BCUT2D eigenvalue weighted by Gasteiger charge is -2.29. The Morgan fingerprint density at radius 1 is 0.814 bits per heavy atom. The maximum absolute atomic E-state index is 11.4. The van der Waals surface area contributed by atoms with Gasteiger partial charge in [0, 0.05) is 12.4 Å². The van der Waals surface area contributed by atoms with Gasteiger partial charge in [0.1, 0.15) is 37.1 Å². The number of ether oxygens (including phenoxy) is 1. The molecule has 0 heterocycles. The predicted octanol–water partition coefficient (Wildman–Crippen LogP) is -5.62. The number of carboxylic acids is 4. The van der Waals surface area contributed by atoms with E-state index in [1.165, 1.54) is 6.92 Å². The third kappa shape index (κ3) is 30.0.